The van der Waals surface area contributed by atoms with Crippen LogP contribution in [0.1, 0.15) is 90.2 Å². The summed E-state index contributed by atoms with van der Waals surface area (Å²) in [5.74, 6) is -5.36. The van der Waals surface area contributed by atoms with E-state index in [2.05, 4.69) is 5.32 Å². The van der Waals surface area contributed by atoms with E-state index in [1.807, 2.05) is 0 Å². The molecular formula is C43H54ClNO14. The van der Waals surface area contributed by atoms with E-state index in [1.165, 1.54) is 26.0 Å². The van der Waals surface area contributed by atoms with E-state index in [1.54, 1.807) is 83.1 Å². The van der Waals surface area contributed by atoms with Crippen molar-refractivity contribution in [3.63, 3.8) is 0 Å². The highest BCUT2D eigenvalue weighted by Crippen LogP contribution is 2.64. The number of carbonyl (C=O) groups excluding carboxylic acids is 5. The molecule has 1 amide bonds. The first-order chi connectivity index (χ1) is 27.0. The number of ether oxygens (including phenoxy) is 5. The van der Waals surface area contributed by atoms with Gasteiger partial charge in [0.25, 0.3) is 0 Å². The lowest BCUT2D eigenvalue weighted by Crippen LogP contribution is -2.81. The fourth-order valence-corrected chi connectivity index (χ4v) is 9.56. The first-order valence-corrected chi connectivity index (χ1v) is 19.3. The minimum Gasteiger partial charge on any atom is -0.456 e. The monoisotopic (exact) mass is 843 g/mol. The molecule has 322 valence electrons. The number of aliphatic hydroxyl groups is 4. The summed E-state index contributed by atoms with van der Waals surface area (Å²) in [4.78, 5) is 68.9. The van der Waals surface area contributed by atoms with Gasteiger partial charge in [-0.1, -0.05) is 62.4 Å². The number of rotatable bonds is 8. The molecule has 11 atom stereocenters. The molecule has 5 N–H and O–H groups in total. The number of halogens is 1. The largest absolute Gasteiger partial charge is 0.456 e. The summed E-state index contributed by atoms with van der Waals surface area (Å²) in [6.45, 7) is 11.8. The highest BCUT2D eigenvalue weighted by atomic mass is 35.5. The van der Waals surface area contributed by atoms with E-state index in [0.717, 1.165) is 6.92 Å². The van der Waals surface area contributed by atoms with Gasteiger partial charge in [0.2, 0.25) is 0 Å². The van der Waals surface area contributed by atoms with E-state index in [-0.39, 0.29) is 42.1 Å². The van der Waals surface area contributed by atoms with Crippen LogP contribution in [0.4, 0.5) is 4.79 Å². The average Bonchev–Trinajstić information content (AvgIpc) is 3.14. The third-order valence-electron chi connectivity index (χ3n) is 12.6. The maximum absolute atomic E-state index is 14.9. The molecule has 15 nitrogen and oxygen atoms in total. The van der Waals surface area contributed by atoms with E-state index >= 15 is 0 Å². The lowest BCUT2D eigenvalue weighted by atomic mass is 9.44. The fourth-order valence-electron chi connectivity index (χ4n) is 9.56. The van der Waals surface area contributed by atoms with Crippen LogP contribution in [0.3, 0.4) is 0 Å². The highest BCUT2D eigenvalue weighted by molar-refractivity contribution is 5.94. The van der Waals surface area contributed by atoms with Crippen LogP contribution in [-0.2, 0) is 38.1 Å². The first kappa shape index (κ1) is 45.7. The predicted octanol–water partition coefficient (Wildman–Crippen LogP) is 3.68. The number of hydrogen-bond acceptors (Lipinski definition) is 14. The number of aliphatic hydroxyl groups excluding tert-OH is 3. The van der Waals surface area contributed by atoms with Crippen LogP contribution >= 0.6 is 12.4 Å². The third kappa shape index (κ3) is 7.77. The van der Waals surface area contributed by atoms with Crippen molar-refractivity contribution in [3.8, 4) is 0 Å². The number of ketones is 1. The van der Waals surface area contributed by atoms with Crippen molar-refractivity contribution in [2.24, 2.45) is 16.7 Å². The Bertz CT molecular complexity index is 1980. The molecule has 0 spiro atoms. The molecule has 2 aromatic rings. The van der Waals surface area contributed by atoms with E-state index in [0.29, 0.717) is 5.56 Å². The molecule has 3 fully saturated rings. The molecule has 3 aliphatic carbocycles. The lowest BCUT2D eigenvalue weighted by molar-refractivity contribution is -0.346. The van der Waals surface area contributed by atoms with Gasteiger partial charge in [0.05, 0.1) is 35.6 Å². The zero-order valence-corrected chi connectivity index (χ0v) is 35.1. The molecule has 0 aromatic heterocycles. The smallest absolute Gasteiger partial charge is 0.408 e. The van der Waals surface area contributed by atoms with Crippen LogP contribution in [0, 0.1) is 16.7 Å². The molecule has 0 radical (unpaired) electrons. The maximum atomic E-state index is 14.9. The molecule has 1 heterocycles. The van der Waals surface area contributed by atoms with E-state index < -0.39 is 112 Å². The quantitative estimate of drug-likeness (QED) is 0.145. The van der Waals surface area contributed by atoms with Crippen LogP contribution in [0.15, 0.2) is 71.8 Å². The number of fused-ring (bicyclic) bond motifs is 5. The zero-order chi connectivity index (χ0) is 42.7. The van der Waals surface area contributed by atoms with Crippen molar-refractivity contribution in [2.45, 2.75) is 128 Å². The van der Waals surface area contributed by atoms with Crippen LogP contribution in [0.5, 0.6) is 0 Å². The SMILES string of the molecule is CC(=O)O[C@@]12CO[C@@H]1C[C@H](O)[C@@]1(C)C(=O)[C@H](O)C3=C(C)[C@@H](OC(=O)C(O)[C@@H](NC(=O)OC(C)(C)C)c4ccccc4)C[C@@](O)([C@@H](OC(=O)c4ccccc4)[C@H]21)C3(C)C.Cl. The average molecular weight is 844 g/mol. The summed E-state index contributed by atoms with van der Waals surface area (Å²) in [7, 11) is 0. The van der Waals surface area contributed by atoms with E-state index in [9.17, 15) is 44.4 Å². The normalized spacial score (nSPS) is 33.1. The Labute approximate surface area is 348 Å². The summed E-state index contributed by atoms with van der Waals surface area (Å²) in [6, 6.07) is 14.6. The number of esters is 3. The number of hydrogen-bond donors (Lipinski definition) is 5. The topological polar surface area (TPSA) is 224 Å². The number of carbonyl (C=O) groups is 5. The number of nitrogens with one attached hydrogen (secondary N) is 1. The highest BCUT2D eigenvalue weighted by Gasteiger charge is 2.78. The number of Topliss-reactive ketones (excluding diaryl/α,β-unsaturated/α-hetero) is 1. The summed E-state index contributed by atoms with van der Waals surface area (Å²) in [5.41, 5.74) is -8.14. The van der Waals surface area contributed by atoms with Gasteiger partial charge in [0.15, 0.2) is 17.5 Å². The van der Waals surface area contributed by atoms with Gasteiger partial charge in [-0.2, -0.15) is 0 Å². The van der Waals surface area contributed by atoms with Crippen LogP contribution < -0.4 is 5.32 Å². The second-order valence-corrected chi connectivity index (χ2v) is 17.6. The van der Waals surface area contributed by atoms with Crippen LogP contribution in [0.2, 0.25) is 0 Å². The molecule has 59 heavy (non-hydrogen) atoms. The van der Waals surface area contributed by atoms with Gasteiger partial charge in [-0.15, -0.1) is 12.4 Å². The third-order valence-corrected chi connectivity index (χ3v) is 12.6. The molecule has 1 saturated heterocycles. The Morgan fingerprint density at radius 3 is 2.08 bits per heavy atom. The Morgan fingerprint density at radius 2 is 1.54 bits per heavy atom. The Kier molecular flexibility index (Phi) is 12.6. The lowest BCUT2D eigenvalue weighted by Gasteiger charge is -2.67. The summed E-state index contributed by atoms with van der Waals surface area (Å²) in [5, 5.41) is 51.6. The predicted molar refractivity (Wildman–Crippen MR) is 211 cm³/mol. The van der Waals surface area contributed by atoms with Crippen molar-refractivity contribution in [3.05, 3.63) is 82.9 Å². The van der Waals surface area contributed by atoms with Gasteiger partial charge in [0, 0.05) is 25.2 Å². The van der Waals surface area contributed by atoms with Gasteiger partial charge >= 0.3 is 24.0 Å². The number of alkyl carbamates (subject to hydrolysis) is 1. The molecular weight excluding hydrogens is 790 g/mol. The maximum Gasteiger partial charge on any atom is 0.408 e. The van der Waals surface area contributed by atoms with Gasteiger partial charge in [-0.25, -0.2) is 14.4 Å². The molecule has 6 rings (SSSR count). The zero-order valence-electron chi connectivity index (χ0n) is 34.3. The van der Waals surface area contributed by atoms with Crippen molar-refractivity contribution >= 4 is 42.2 Å². The van der Waals surface area contributed by atoms with Crippen molar-refractivity contribution in [2.75, 3.05) is 6.61 Å². The second kappa shape index (κ2) is 16.2. The summed E-state index contributed by atoms with van der Waals surface area (Å²) < 4.78 is 29.5. The number of amides is 1. The molecule has 2 bridgehead atoms. The molecule has 4 aliphatic rings. The van der Waals surface area contributed by atoms with E-state index in [4.69, 9.17) is 23.7 Å². The van der Waals surface area contributed by atoms with Crippen LogP contribution in [0.25, 0.3) is 0 Å². The standard InChI is InChI=1S/C43H53NO14.ClH/c1-22-26(55-37(51)32(48)30(24-15-11-9-12-16-24)44-38(52)58-39(3,4)5)20-43(53)35(56-36(50)25-17-13-10-14-18-25)33-41(8,34(49)31(47)29(22)40(43,6)7)27(46)19-28-42(33,21-54-28)57-23(2)45;/h9-18,26-28,30-33,35,46-48,53H,19-21H2,1-8H3,(H,44,52);1H/t26-,27-,28+,30-,31+,32?,33-,35-,41+,42-,43+;/m0./s1. The Morgan fingerprint density at radius 1 is 0.949 bits per heavy atom. The van der Waals surface area contributed by atoms with Crippen molar-refractivity contribution in [1.82, 2.24) is 5.32 Å². The Hall–Kier alpha value is -4.38. The van der Waals surface area contributed by atoms with Crippen molar-refractivity contribution in [1.29, 1.82) is 0 Å². The summed E-state index contributed by atoms with van der Waals surface area (Å²) >= 11 is 0. The second-order valence-electron chi connectivity index (χ2n) is 17.6. The van der Waals surface area contributed by atoms with Gasteiger partial charge in [-0.3, -0.25) is 9.59 Å². The Balaban J connectivity index is 0.00000661. The fraction of sp³-hybridized carbons (Fsp3) is 0.558. The van der Waals surface area contributed by atoms with Gasteiger partial charge in [-0.05, 0) is 63.5 Å². The molecule has 1 aliphatic heterocycles. The van der Waals surface area contributed by atoms with Crippen LogP contribution in [-0.4, -0.2) is 110 Å². The first-order valence-electron chi connectivity index (χ1n) is 19.3. The summed E-state index contributed by atoms with van der Waals surface area (Å²) in [6.07, 6.45) is -11.5. The number of benzene rings is 2. The molecule has 1 unspecified atom stereocenters. The molecule has 2 aromatic carbocycles. The van der Waals surface area contributed by atoms with Gasteiger partial charge in [0.1, 0.15) is 35.6 Å². The molecule has 2 saturated carbocycles. The minimum absolute atomic E-state index is 0. The van der Waals surface area contributed by atoms with Gasteiger partial charge < -0.3 is 49.4 Å². The molecule has 16 heteroatoms. The minimum atomic E-state index is -2.35. The van der Waals surface area contributed by atoms with Crippen molar-refractivity contribution < 1.29 is 68.1 Å².